The molecule has 5 nitrogen and oxygen atoms in total. The second-order valence-electron chi connectivity index (χ2n) is 4.10. The number of hydrogen-bond acceptors (Lipinski definition) is 3. The molecule has 90 valence electrons. The summed E-state index contributed by atoms with van der Waals surface area (Å²) in [5.74, 6) is 0.476. The summed E-state index contributed by atoms with van der Waals surface area (Å²) in [6.45, 7) is 3.22. The third-order valence-corrected chi connectivity index (χ3v) is 2.66. The highest BCUT2D eigenvalue weighted by Gasteiger charge is 2.06. The zero-order chi connectivity index (χ0) is 12.0. The van der Waals surface area contributed by atoms with Crippen molar-refractivity contribution >= 4 is 5.91 Å². The summed E-state index contributed by atoms with van der Waals surface area (Å²) in [5, 5.41) is 6.90. The smallest absolute Gasteiger partial charge is 0.220 e. The maximum atomic E-state index is 11.5. The normalized spacial score (nSPS) is 12.4. The molecule has 0 aromatic carbocycles. The molecule has 16 heavy (non-hydrogen) atoms. The molecular weight excluding hydrogens is 204 g/mol. The summed E-state index contributed by atoms with van der Waals surface area (Å²) in [5.41, 5.74) is 6.49. The van der Waals surface area contributed by atoms with E-state index in [1.54, 1.807) is 10.9 Å². The number of amides is 1. The maximum Gasteiger partial charge on any atom is 0.220 e. The van der Waals surface area contributed by atoms with Crippen molar-refractivity contribution in [1.29, 1.82) is 0 Å². The van der Waals surface area contributed by atoms with Crippen LogP contribution in [0.25, 0.3) is 0 Å². The molecule has 0 aliphatic carbocycles. The Morgan fingerprint density at radius 2 is 2.44 bits per heavy atom. The van der Waals surface area contributed by atoms with Gasteiger partial charge in [0.25, 0.3) is 0 Å². The van der Waals surface area contributed by atoms with Crippen molar-refractivity contribution in [1.82, 2.24) is 15.1 Å². The van der Waals surface area contributed by atoms with Crippen molar-refractivity contribution < 1.29 is 4.79 Å². The number of aromatic nitrogens is 2. The van der Waals surface area contributed by atoms with Crippen LogP contribution in [0.4, 0.5) is 0 Å². The highest BCUT2D eigenvalue weighted by molar-refractivity contribution is 5.75. The zero-order valence-corrected chi connectivity index (χ0v) is 9.94. The van der Waals surface area contributed by atoms with Crippen molar-refractivity contribution in [3.05, 3.63) is 18.0 Å². The summed E-state index contributed by atoms with van der Waals surface area (Å²) in [7, 11) is 1.86. The van der Waals surface area contributed by atoms with Gasteiger partial charge in [-0.15, -0.1) is 0 Å². The molecule has 1 heterocycles. The minimum atomic E-state index is 0.0708. The molecule has 0 saturated heterocycles. The molecule has 0 aliphatic heterocycles. The van der Waals surface area contributed by atoms with Crippen LogP contribution >= 0.6 is 0 Å². The average Bonchev–Trinajstić information content (AvgIpc) is 2.69. The Bertz CT molecular complexity index is 334. The van der Waals surface area contributed by atoms with Gasteiger partial charge in [0.15, 0.2) is 0 Å². The first kappa shape index (κ1) is 12.7. The molecule has 0 aliphatic rings. The summed E-state index contributed by atoms with van der Waals surface area (Å²) in [4.78, 5) is 11.5. The molecule has 1 rings (SSSR count). The number of hydrogen-bond donors (Lipinski definition) is 2. The van der Waals surface area contributed by atoms with Crippen LogP contribution in [-0.4, -0.2) is 22.2 Å². The van der Waals surface area contributed by atoms with Gasteiger partial charge >= 0.3 is 0 Å². The summed E-state index contributed by atoms with van der Waals surface area (Å²) in [6.07, 6.45) is 3.10. The van der Waals surface area contributed by atoms with E-state index in [0.29, 0.717) is 25.4 Å². The predicted octanol–water partition coefficient (Wildman–Crippen LogP) is 0.411. The fraction of sp³-hybridized carbons (Fsp3) is 0.636. The predicted molar refractivity (Wildman–Crippen MR) is 62.5 cm³/mol. The standard InChI is InChI=1S/C11H20N4O/c1-9(7-12)3-4-11(16)13-8-10-5-6-14-15(10)2/h5-6,9H,3-4,7-8,12H2,1-2H3,(H,13,16). The van der Waals surface area contributed by atoms with Gasteiger partial charge in [0.2, 0.25) is 5.91 Å². The molecular formula is C11H20N4O. The molecule has 1 aromatic heterocycles. The van der Waals surface area contributed by atoms with Crippen LogP contribution in [0, 0.1) is 5.92 Å². The van der Waals surface area contributed by atoms with Gasteiger partial charge in [-0.05, 0) is 24.9 Å². The number of carbonyl (C=O) groups is 1. The molecule has 1 amide bonds. The lowest BCUT2D eigenvalue weighted by molar-refractivity contribution is -0.121. The van der Waals surface area contributed by atoms with Gasteiger partial charge in [-0.25, -0.2) is 0 Å². The van der Waals surface area contributed by atoms with Crippen molar-refractivity contribution in [3.8, 4) is 0 Å². The number of nitrogens with zero attached hydrogens (tertiary/aromatic N) is 2. The van der Waals surface area contributed by atoms with Gasteiger partial charge < -0.3 is 11.1 Å². The van der Waals surface area contributed by atoms with Crippen LogP contribution in [0.2, 0.25) is 0 Å². The van der Waals surface area contributed by atoms with E-state index in [4.69, 9.17) is 5.73 Å². The minimum Gasteiger partial charge on any atom is -0.350 e. The highest BCUT2D eigenvalue weighted by Crippen LogP contribution is 2.03. The first-order valence-electron chi connectivity index (χ1n) is 5.57. The van der Waals surface area contributed by atoms with Crippen LogP contribution in [0.5, 0.6) is 0 Å². The fourth-order valence-electron chi connectivity index (χ4n) is 1.35. The van der Waals surface area contributed by atoms with E-state index in [2.05, 4.69) is 10.4 Å². The zero-order valence-electron chi connectivity index (χ0n) is 9.94. The van der Waals surface area contributed by atoms with Gasteiger partial charge in [0.1, 0.15) is 0 Å². The van der Waals surface area contributed by atoms with Crippen molar-refractivity contribution in [2.45, 2.75) is 26.3 Å². The van der Waals surface area contributed by atoms with Crippen LogP contribution in [0.1, 0.15) is 25.5 Å². The monoisotopic (exact) mass is 224 g/mol. The van der Waals surface area contributed by atoms with Crippen molar-refractivity contribution in [2.75, 3.05) is 6.54 Å². The Labute approximate surface area is 96.0 Å². The van der Waals surface area contributed by atoms with Crippen LogP contribution in [-0.2, 0) is 18.4 Å². The molecule has 0 bridgehead atoms. The van der Waals surface area contributed by atoms with Gasteiger partial charge in [-0.3, -0.25) is 9.48 Å². The van der Waals surface area contributed by atoms with Crippen LogP contribution in [0.3, 0.4) is 0 Å². The summed E-state index contributed by atoms with van der Waals surface area (Å²) in [6, 6.07) is 1.89. The first-order valence-corrected chi connectivity index (χ1v) is 5.57. The molecule has 0 saturated carbocycles. The SMILES string of the molecule is CC(CN)CCC(=O)NCc1ccnn1C. The van der Waals surface area contributed by atoms with Crippen LogP contribution in [0.15, 0.2) is 12.3 Å². The molecule has 1 aromatic rings. The highest BCUT2D eigenvalue weighted by atomic mass is 16.1. The molecule has 3 N–H and O–H groups in total. The Morgan fingerprint density at radius 1 is 1.69 bits per heavy atom. The number of nitrogens with one attached hydrogen (secondary N) is 1. The molecule has 1 unspecified atom stereocenters. The lowest BCUT2D eigenvalue weighted by Crippen LogP contribution is -2.25. The number of nitrogens with two attached hydrogens (primary N) is 1. The van der Waals surface area contributed by atoms with E-state index in [1.165, 1.54) is 0 Å². The van der Waals surface area contributed by atoms with E-state index in [9.17, 15) is 4.79 Å². The summed E-state index contributed by atoms with van der Waals surface area (Å²) < 4.78 is 1.75. The number of carbonyl (C=O) groups excluding carboxylic acids is 1. The van der Waals surface area contributed by atoms with E-state index >= 15 is 0 Å². The second-order valence-corrected chi connectivity index (χ2v) is 4.10. The van der Waals surface area contributed by atoms with E-state index in [-0.39, 0.29) is 5.91 Å². The molecule has 0 radical (unpaired) electrons. The lowest BCUT2D eigenvalue weighted by atomic mass is 10.1. The Balaban J connectivity index is 2.23. The first-order chi connectivity index (χ1) is 7.63. The quantitative estimate of drug-likeness (QED) is 0.735. The fourth-order valence-corrected chi connectivity index (χ4v) is 1.35. The van der Waals surface area contributed by atoms with E-state index in [1.807, 2.05) is 20.0 Å². The van der Waals surface area contributed by atoms with Crippen molar-refractivity contribution in [2.24, 2.45) is 18.7 Å². The maximum absolute atomic E-state index is 11.5. The molecule has 0 fully saturated rings. The van der Waals surface area contributed by atoms with Gasteiger partial charge in [0.05, 0.1) is 12.2 Å². The largest absolute Gasteiger partial charge is 0.350 e. The number of rotatable bonds is 6. The molecule has 5 heteroatoms. The number of aryl methyl sites for hydroxylation is 1. The lowest BCUT2D eigenvalue weighted by Gasteiger charge is -2.08. The van der Waals surface area contributed by atoms with Gasteiger partial charge in [-0.1, -0.05) is 6.92 Å². The summed E-state index contributed by atoms with van der Waals surface area (Å²) >= 11 is 0. The van der Waals surface area contributed by atoms with Gasteiger partial charge in [0, 0.05) is 19.7 Å². The second kappa shape index (κ2) is 6.27. The Kier molecular flexibility index (Phi) is 4.98. The Morgan fingerprint density at radius 3 is 3.00 bits per heavy atom. The van der Waals surface area contributed by atoms with Gasteiger partial charge in [-0.2, -0.15) is 5.10 Å². The topological polar surface area (TPSA) is 72.9 Å². The van der Waals surface area contributed by atoms with Crippen molar-refractivity contribution in [3.63, 3.8) is 0 Å². The third kappa shape index (κ3) is 4.02. The van der Waals surface area contributed by atoms with Crippen LogP contribution < -0.4 is 11.1 Å². The minimum absolute atomic E-state index is 0.0708. The van der Waals surface area contributed by atoms with E-state index < -0.39 is 0 Å². The molecule has 1 atom stereocenters. The average molecular weight is 224 g/mol. The Hall–Kier alpha value is -1.36. The third-order valence-electron chi connectivity index (χ3n) is 2.66. The molecule has 0 spiro atoms. The van der Waals surface area contributed by atoms with E-state index in [0.717, 1.165) is 12.1 Å².